The summed E-state index contributed by atoms with van der Waals surface area (Å²) in [6.45, 7) is 3.50. The summed E-state index contributed by atoms with van der Waals surface area (Å²) in [5.41, 5.74) is -4.17. The van der Waals surface area contributed by atoms with E-state index in [2.05, 4.69) is 0 Å². The second-order valence-corrected chi connectivity index (χ2v) is 4.18. The van der Waals surface area contributed by atoms with Crippen LogP contribution < -0.4 is 0 Å². The summed E-state index contributed by atoms with van der Waals surface area (Å²) in [6.07, 6.45) is 0.557. The van der Waals surface area contributed by atoms with Gasteiger partial charge >= 0.3 is 5.51 Å². The molecular formula is C8H13F3OS. The van der Waals surface area contributed by atoms with Gasteiger partial charge in [0, 0.05) is 18.1 Å². The number of ketones is 1. The average Bonchev–Trinajstić information content (AvgIpc) is 1.95. The minimum Gasteiger partial charge on any atom is -0.299 e. The van der Waals surface area contributed by atoms with Gasteiger partial charge in [0.15, 0.2) is 0 Å². The monoisotopic (exact) mass is 214 g/mol. The molecule has 0 rings (SSSR count). The molecule has 0 unspecified atom stereocenters. The Morgan fingerprint density at radius 3 is 2.31 bits per heavy atom. The Bertz CT molecular complexity index is 165. The Kier molecular flexibility index (Phi) is 5.44. The lowest BCUT2D eigenvalue weighted by atomic mass is 10.1. The highest BCUT2D eigenvalue weighted by atomic mass is 32.2. The summed E-state index contributed by atoms with van der Waals surface area (Å²) in [5, 5.41) is 0. The first kappa shape index (κ1) is 12.8. The van der Waals surface area contributed by atoms with E-state index in [0.29, 0.717) is 6.42 Å². The minimum atomic E-state index is -4.17. The first-order valence-electron chi connectivity index (χ1n) is 4.06. The summed E-state index contributed by atoms with van der Waals surface area (Å²) in [6, 6.07) is 0. The predicted molar refractivity (Wildman–Crippen MR) is 47.6 cm³/mol. The molecule has 0 aliphatic heterocycles. The molecule has 0 aromatic carbocycles. The first-order valence-corrected chi connectivity index (χ1v) is 5.05. The molecule has 0 amide bonds. The lowest BCUT2D eigenvalue weighted by Gasteiger charge is -2.05. The second kappa shape index (κ2) is 5.52. The minimum absolute atomic E-state index is 0.0258. The van der Waals surface area contributed by atoms with Crippen molar-refractivity contribution in [2.75, 3.05) is 5.75 Å². The maximum absolute atomic E-state index is 11.6. The molecule has 5 heteroatoms. The molecule has 0 heterocycles. The maximum Gasteiger partial charge on any atom is 0.441 e. The number of carbonyl (C=O) groups is 1. The van der Waals surface area contributed by atoms with Crippen molar-refractivity contribution in [2.45, 2.75) is 32.2 Å². The Labute approximate surface area is 80.1 Å². The molecule has 0 saturated carbocycles. The Morgan fingerprint density at radius 2 is 1.92 bits per heavy atom. The molecule has 0 spiro atoms. The number of thioether (sulfide) groups is 1. The smallest absolute Gasteiger partial charge is 0.299 e. The number of alkyl halides is 3. The lowest BCUT2D eigenvalue weighted by molar-refractivity contribution is -0.121. The number of hydrogen-bond acceptors (Lipinski definition) is 2. The van der Waals surface area contributed by atoms with Crippen LogP contribution in [0.3, 0.4) is 0 Å². The van der Waals surface area contributed by atoms with Gasteiger partial charge in [-0.2, -0.15) is 13.2 Å². The van der Waals surface area contributed by atoms with Crippen LogP contribution in [-0.2, 0) is 4.79 Å². The van der Waals surface area contributed by atoms with E-state index >= 15 is 0 Å². The fraction of sp³-hybridized carbons (Fsp3) is 0.875. The highest BCUT2D eigenvalue weighted by Crippen LogP contribution is 2.30. The summed E-state index contributed by atoms with van der Waals surface area (Å²) >= 11 is -0.0650. The van der Waals surface area contributed by atoms with Crippen molar-refractivity contribution in [3.05, 3.63) is 0 Å². The number of hydrogen-bond donors (Lipinski definition) is 0. The zero-order chi connectivity index (χ0) is 10.5. The molecule has 0 bridgehead atoms. The molecule has 0 aromatic heterocycles. The van der Waals surface area contributed by atoms with Crippen molar-refractivity contribution in [3.63, 3.8) is 0 Å². The normalized spacial score (nSPS) is 12.2. The van der Waals surface area contributed by atoms with Gasteiger partial charge in [-0.25, -0.2) is 0 Å². The number of rotatable bonds is 5. The van der Waals surface area contributed by atoms with E-state index in [0.717, 1.165) is 0 Å². The lowest BCUT2D eigenvalue weighted by Crippen LogP contribution is -2.08. The molecule has 0 saturated heterocycles. The van der Waals surface area contributed by atoms with E-state index in [-0.39, 0.29) is 35.6 Å². The van der Waals surface area contributed by atoms with E-state index in [9.17, 15) is 18.0 Å². The zero-order valence-electron chi connectivity index (χ0n) is 7.65. The predicted octanol–water partition coefficient (Wildman–Crippen LogP) is 3.24. The summed E-state index contributed by atoms with van der Waals surface area (Å²) in [7, 11) is 0. The van der Waals surface area contributed by atoms with Crippen molar-refractivity contribution >= 4 is 17.5 Å². The number of halogens is 3. The SMILES string of the molecule is CC(C)C(=O)CCCSC(F)(F)F. The molecule has 0 fully saturated rings. The Morgan fingerprint density at radius 1 is 1.38 bits per heavy atom. The molecule has 78 valence electrons. The average molecular weight is 214 g/mol. The standard InChI is InChI=1S/C8H13F3OS/c1-6(2)7(12)4-3-5-13-8(9,10)11/h6H,3-5H2,1-2H3. The Hall–Kier alpha value is -0.190. The van der Waals surface area contributed by atoms with Gasteiger partial charge in [-0.15, -0.1) is 0 Å². The highest BCUT2D eigenvalue weighted by molar-refractivity contribution is 8.00. The van der Waals surface area contributed by atoms with Crippen molar-refractivity contribution in [1.29, 1.82) is 0 Å². The van der Waals surface area contributed by atoms with Gasteiger partial charge in [-0.3, -0.25) is 4.79 Å². The molecule has 13 heavy (non-hydrogen) atoms. The molecule has 0 aromatic rings. The largest absolute Gasteiger partial charge is 0.441 e. The quantitative estimate of drug-likeness (QED) is 0.653. The Balaban J connectivity index is 3.42. The molecule has 0 atom stereocenters. The van der Waals surface area contributed by atoms with Crippen molar-refractivity contribution in [3.8, 4) is 0 Å². The zero-order valence-corrected chi connectivity index (χ0v) is 8.47. The number of carbonyl (C=O) groups excluding carboxylic acids is 1. The molecule has 0 aliphatic carbocycles. The third-order valence-corrected chi connectivity index (χ3v) is 2.30. The molecule has 0 aliphatic rings. The fourth-order valence-corrected chi connectivity index (χ4v) is 1.24. The highest BCUT2D eigenvalue weighted by Gasteiger charge is 2.27. The van der Waals surface area contributed by atoms with Gasteiger partial charge in [0.05, 0.1) is 0 Å². The third kappa shape index (κ3) is 8.15. The molecular weight excluding hydrogens is 201 g/mol. The van der Waals surface area contributed by atoms with Crippen LogP contribution in [0.4, 0.5) is 13.2 Å². The van der Waals surface area contributed by atoms with E-state index in [1.165, 1.54) is 0 Å². The van der Waals surface area contributed by atoms with Gasteiger partial charge in [-0.1, -0.05) is 25.6 Å². The summed E-state index contributed by atoms with van der Waals surface area (Å²) in [5.74, 6) is -0.0687. The van der Waals surface area contributed by atoms with Crippen LogP contribution in [0.15, 0.2) is 0 Å². The molecule has 1 nitrogen and oxygen atoms in total. The number of Topliss-reactive ketones (excluding diaryl/α,β-unsaturated/α-hetero) is 1. The van der Waals surface area contributed by atoms with E-state index < -0.39 is 5.51 Å². The molecule has 0 radical (unpaired) electrons. The van der Waals surface area contributed by atoms with Crippen LogP contribution in [0, 0.1) is 5.92 Å². The van der Waals surface area contributed by atoms with Crippen molar-refractivity contribution in [2.24, 2.45) is 5.92 Å². The third-order valence-electron chi connectivity index (χ3n) is 1.48. The van der Waals surface area contributed by atoms with Gasteiger partial charge in [0.1, 0.15) is 5.78 Å². The summed E-state index contributed by atoms with van der Waals surface area (Å²) in [4.78, 5) is 11.0. The van der Waals surface area contributed by atoms with Gasteiger partial charge in [0.2, 0.25) is 0 Å². The van der Waals surface area contributed by atoms with Crippen LogP contribution in [0.1, 0.15) is 26.7 Å². The van der Waals surface area contributed by atoms with E-state index in [1.807, 2.05) is 0 Å². The van der Waals surface area contributed by atoms with Crippen molar-refractivity contribution < 1.29 is 18.0 Å². The fourth-order valence-electron chi connectivity index (χ4n) is 0.723. The van der Waals surface area contributed by atoms with Crippen LogP contribution in [0.2, 0.25) is 0 Å². The van der Waals surface area contributed by atoms with Gasteiger partial charge < -0.3 is 0 Å². The second-order valence-electron chi connectivity index (χ2n) is 3.02. The van der Waals surface area contributed by atoms with Crippen LogP contribution in [-0.4, -0.2) is 17.0 Å². The van der Waals surface area contributed by atoms with E-state index in [4.69, 9.17) is 0 Å². The van der Waals surface area contributed by atoms with Crippen LogP contribution in [0.5, 0.6) is 0 Å². The topological polar surface area (TPSA) is 17.1 Å². The molecule has 0 N–H and O–H groups in total. The van der Waals surface area contributed by atoms with Crippen LogP contribution in [0.25, 0.3) is 0 Å². The maximum atomic E-state index is 11.6. The summed E-state index contributed by atoms with van der Waals surface area (Å²) < 4.78 is 34.9. The van der Waals surface area contributed by atoms with E-state index in [1.54, 1.807) is 13.8 Å². The van der Waals surface area contributed by atoms with Crippen molar-refractivity contribution in [1.82, 2.24) is 0 Å². The van der Waals surface area contributed by atoms with Crippen LogP contribution >= 0.6 is 11.8 Å². The van der Waals surface area contributed by atoms with Gasteiger partial charge in [0.25, 0.3) is 0 Å². The van der Waals surface area contributed by atoms with Gasteiger partial charge in [-0.05, 0) is 6.42 Å². The first-order chi connectivity index (χ1) is 5.83.